The van der Waals surface area contributed by atoms with Gasteiger partial charge in [0.1, 0.15) is 5.82 Å². The maximum Gasteiger partial charge on any atom is 0.126 e. The lowest BCUT2D eigenvalue weighted by Gasteiger charge is -2.02. The molecule has 0 aliphatic rings. The number of nitrogens with two attached hydrogens (primary N) is 1. The number of hydrogen-bond donors (Lipinski definition) is 1. The molecule has 14 heavy (non-hydrogen) atoms. The van der Waals surface area contributed by atoms with Crippen LogP contribution in [0.5, 0.6) is 0 Å². The molecule has 1 aromatic carbocycles. The van der Waals surface area contributed by atoms with Gasteiger partial charge in [0.15, 0.2) is 0 Å². The van der Waals surface area contributed by atoms with Crippen molar-refractivity contribution >= 4 is 17.4 Å². The highest BCUT2D eigenvalue weighted by atomic mass is 32.2. The maximum atomic E-state index is 12.9. The van der Waals surface area contributed by atoms with E-state index in [0.29, 0.717) is 5.69 Å². The van der Waals surface area contributed by atoms with Crippen LogP contribution in [-0.2, 0) is 0 Å². The summed E-state index contributed by atoms with van der Waals surface area (Å²) >= 11 is 1.67. The second-order valence-electron chi connectivity index (χ2n) is 3.28. The van der Waals surface area contributed by atoms with E-state index in [1.54, 1.807) is 11.8 Å². The van der Waals surface area contributed by atoms with Crippen LogP contribution in [-0.4, -0.2) is 5.75 Å². The van der Waals surface area contributed by atoms with Gasteiger partial charge in [-0.1, -0.05) is 19.8 Å². The molecule has 0 atom stereocenters. The molecule has 0 heterocycles. The molecule has 0 saturated heterocycles. The molecule has 0 unspecified atom stereocenters. The fourth-order valence-corrected chi connectivity index (χ4v) is 2.21. The quantitative estimate of drug-likeness (QED) is 0.458. The Kier molecular flexibility index (Phi) is 4.80. The predicted octanol–water partition coefficient (Wildman–Crippen LogP) is 3.69. The first-order valence-electron chi connectivity index (χ1n) is 4.91. The normalized spacial score (nSPS) is 10.4. The van der Waals surface area contributed by atoms with Crippen molar-refractivity contribution in [1.29, 1.82) is 0 Å². The lowest BCUT2D eigenvalue weighted by Crippen LogP contribution is -1.88. The summed E-state index contributed by atoms with van der Waals surface area (Å²) < 4.78 is 12.9. The number of rotatable bonds is 5. The summed E-state index contributed by atoms with van der Waals surface area (Å²) in [6.45, 7) is 2.17. The van der Waals surface area contributed by atoms with Gasteiger partial charge >= 0.3 is 0 Å². The molecular formula is C11H16FNS. The summed E-state index contributed by atoms with van der Waals surface area (Å²) in [6.07, 6.45) is 3.63. The smallest absolute Gasteiger partial charge is 0.126 e. The molecule has 3 heteroatoms. The van der Waals surface area contributed by atoms with Crippen molar-refractivity contribution in [2.45, 2.75) is 31.1 Å². The molecule has 0 saturated carbocycles. The van der Waals surface area contributed by atoms with Gasteiger partial charge in [0.25, 0.3) is 0 Å². The van der Waals surface area contributed by atoms with E-state index in [2.05, 4.69) is 6.92 Å². The summed E-state index contributed by atoms with van der Waals surface area (Å²) in [7, 11) is 0. The Hall–Kier alpha value is -0.700. The highest BCUT2D eigenvalue weighted by Crippen LogP contribution is 2.23. The topological polar surface area (TPSA) is 26.0 Å². The highest BCUT2D eigenvalue weighted by molar-refractivity contribution is 7.99. The first-order chi connectivity index (χ1) is 6.72. The molecule has 0 aliphatic heterocycles. The van der Waals surface area contributed by atoms with Crippen LogP contribution in [0.1, 0.15) is 26.2 Å². The van der Waals surface area contributed by atoms with Crippen LogP contribution in [0.25, 0.3) is 0 Å². The Morgan fingerprint density at radius 3 is 2.71 bits per heavy atom. The van der Waals surface area contributed by atoms with E-state index in [-0.39, 0.29) is 5.82 Å². The molecule has 0 aromatic heterocycles. The van der Waals surface area contributed by atoms with Gasteiger partial charge in [0, 0.05) is 10.6 Å². The zero-order valence-electron chi connectivity index (χ0n) is 8.42. The van der Waals surface area contributed by atoms with Gasteiger partial charge in [0.2, 0.25) is 0 Å². The van der Waals surface area contributed by atoms with Crippen LogP contribution >= 0.6 is 11.8 Å². The SMILES string of the molecule is CCCCCSc1cc(N)cc(F)c1. The van der Waals surface area contributed by atoms with E-state index in [4.69, 9.17) is 5.73 Å². The average Bonchev–Trinajstić information content (AvgIpc) is 2.11. The number of nitrogen functional groups attached to an aromatic ring is 1. The second-order valence-corrected chi connectivity index (χ2v) is 4.44. The van der Waals surface area contributed by atoms with Gasteiger partial charge < -0.3 is 5.73 Å². The van der Waals surface area contributed by atoms with Crippen molar-refractivity contribution in [1.82, 2.24) is 0 Å². The Balaban J connectivity index is 2.42. The van der Waals surface area contributed by atoms with Crippen LogP contribution in [0.2, 0.25) is 0 Å². The molecule has 0 aliphatic carbocycles. The van der Waals surface area contributed by atoms with Gasteiger partial charge in [-0.15, -0.1) is 11.8 Å². The summed E-state index contributed by atoms with van der Waals surface area (Å²) in [4.78, 5) is 0.929. The standard InChI is InChI=1S/C11H16FNS/c1-2-3-4-5-14-11-7-9(12)6-10(13)8-11/h6-8H,2-5,13H2,1H3. The molecule has 0 radical (unpaired) electrons. The van der Waals surface area contributed by atoms with Crippen LogP contribution in [0, 0.1) is 5.82 Å². The van der Waals surface area contributed by atoms with E-state index in [1.165, 1.54) is 31.4 Å². The molecule has 0 fully saturated rings. The molecule has 0 amide bonds. The molecule has 1 nitrogen and oxygen atoms in total. The van der Waals surface area contributed by atoms with Gasteiger partial charge in [-0.25, -0.2) is 4.39 Å². The van der Waals surface area contributed by atoms with Crippen molar-refractivity contribution in [3.63, 3.8) is 0 Å². The number of halogens is 1. The Morgan fingerprint density at radius 1 is 1.29 bits per heavy atom. The fraction of sp³-hybridized carbons (Fsp3) is 0.455. The molecule has 0 bridgehead atoms. The number of anilines is 1. The molecule has 2 N–H and O–H groups in total. The number of hydrogen-bond acceptors (Lipinski definition) is 2. The van der Waals surface area contributed by atoms with E-state index < -0.39 is 0 Å². The molecule has 1 aromatic rings. The summed E-state index contributed by atoms with van der Waals surface area (Å²) in [5.41, 5.74) is 6.04. The first-order valence-corrected chi connectivity index (χ1v) is 5.90. The predicted molar refractivity (Wildman–Crippen MR) is 61.1 cm³/mol. The van der Waals surface area contributed by atoms with Crippen LogP contribution in [0.15, 0.2) is 23.1 Å². The maximum absolute atomic E-state index is 12.9. The van der Waals surface area contributed by atoms with Crippen LogP contribution in [0.4, 0.5) is 10.1 Å². The summed E-state index contributed by atoms with van der Waals surface area (Å²) in [5, 5.41) is 0. The lowest BCUT2D eigenvalue weighted by molar-refractivity contribution is 0.625. The van der Waals surface area contributed by atoms with E-state index in [1.807, 2.05) is 6.07 Å². The van der Waals surface area contributed by atoms with Gasteiger partial charge in [0.05, 0.1) is 0 Å². The third kappa shape index (κ3) is 4.01. The Bertz CT molecular complexity index is 268. The largest absolute Gasteiger partial charge is 0.399 e. The number of benzene rings is 1. The minimum atomic E-state index is -0.247. The van der Waals surface area contributed by atoms with Crippen molar-refractivity contribution in [3.8, 4) is 0 Å². The third-order valence-corrected chi connectivity index (χ3v) is 2.97. The van der Waals surface area contributed by atoms with Crippen molar-refractivity contribution in [3.05, 3.63) is 24.0 Å². The Morgan fingerprint density at radius 2 is 2.07 bits per heavy atom. The van der Waals surface area contributed by atoms with Crippen LogP contribution < -0.4 is 5.73 Å². The minimum absolute atomic E-state index is 0.247. The van der Waals surface area contributed by atoms with Gasteiger partial charge in [-0.05, 0) is 30.4 Å². The van der Waals surface area contributed by atoms with E-state index in [9.17, 15) is 4.39 Å². The lowest BCUT2D eigenvalue weighted by atomic mass is 10.3. The van der Waals surface area contributed by atoms with E-state index >= 15 is 0 Å². The highest BCUT2D eigenvalue weighted by Gasteiger charge is 1.98. The van der Waals surface area contributed by atoms with Crippen molar-refractivity contribution < 1.29 is 4.39 Å². The summed E-state index contributed by atoms with van der Waals surface area (Å²) in [6, 6.07) is 4.70. The van der Waals surface area contributed by atoms with E-state index in [0.717, 1.165) is 10.6 Å². The second kappa shape index (κ2) is 5.91. The average molecular weight is 213 g/mol. The molecule has 78 valence electrons. The number of unbranched alkanes of at least 4 members (excludes halogenated alkanes) is 2. The van der Waals surface area contributed by atoms with Gasteiger partial charge in [-0.2, -0.15) is 0 Å². The monoisotopic (exact) mass is 213 g/mol. The van der Waals surface area contributed by atoms with Crippen LogP contribution in [0.3, 0.4) is 0 Å². The van der Waals surface area contributed by atoms with Crippen molar-refractivity contribution in [2.75, 3.05) is 11.5 Å². The molecule has 1 rings (SSSR count). The van der Waals surface area contributed by atoms with Gasteiger partial charge in [-0.3, -0.25) is 0 Å². The third-order valence-electron chi connectivity index (χ3n) is 1.91. The number of thioether (sulfide) groups is 1. The first kappa shape index (κ1) is 11.4. The molecule has 0 spiro atoms. The summed E-state index contributed by atoms with van der Waals surface area (Å²) in [5.74, 6) is 0.791. The van der Waals surface area contributed by atoms with Crippen molar-refractivity contribution in [2.24, 2.45) is 0 Å². The zero-order chi connectivity index (χ0) is 10.4. The minimum Gasteiger partial charge on any atom is -0.399 e. The Labute approximate surface area is 88.9 Å². The molecular weight excluding hydrogens is 197 g/mol. The zero-order valence-corrected chi connectivity index (χ0v) is 9.24. The fourth-order valence-electron chi connectivity index (χ4n) is 1.21.